The number of aliphatic hydroxyl groups excluding tert-OH is 2. The predicted octanol–water partition coefficient (Wildman–Crippen LogP) is 1.33. The van der Waals surface area contributed by atoms with E-state index < -0.39 is 6.10 Å². The maximum Gasteiger partial charge on any atom is 0.0652 e. The molecule has 1 saturated carbocycles. The molecule has 3 unspecified atom stereocenters. The molecule has 0 bridgehead atoms. The quantitative estimate of drug-likeness (QED) is 0.460. The molecule has 0 aromatic heterocycles. The Bertz CT molecular complexity index is 165. The van der Waals surface area contributed by atoms with E-state index >= 15 is 0 Å². The van der Waals surface area contributed by atoms with Gasteiger partial charge in [0.05, 0.1) is 12.7 Å². The predicted molar refractivity (Wildman–Crippen MR) is 48.7 cm³/mol. The Balaban J connectivity index is 2.69. The van der Waals surface area contributed by atoms with E-state index in [4.69, 9.17) is 5.11 Å². The number of aliphatic hydroxyl groups is 2. The summed E-state index contributed by atoms with van der Waals surface area (Å²) >= 11 is 0. The molecule has 2 nitrogen and oxygen atoms in total. The van der Waals surface area contributed by atoms with Gasteiger partial charge in [0.2, 0.25) is 0 Å². The van der Waals surface area contributed by atoms with Gasteiger partial charge in [-0.3, -0.25) is 0 Å². The molecule has 0 heterocycles. The highest BCUT2D eigenvalue weighted by molar-refractivity contribution is 5.06. The van der Waals surface area contributed by atoms with Gasteiger partial charge in [-0.25, -0.2) is 0 Å². The molecule has 2 N–H and O–H groups in total. The molecule has 2 heteroatoms. The number of hydrogen-bond donors (Lipinski definition) is 2. The first-order valence-corrected chi connectivity index (χ1v) is 4.63. The lowest BCUT2D eigenvalue weighted by molar-refractivity contribution is 0.0474. The summed E-state index contributed by atoms with van der Waals surface area (Å²) in [6.45, 7) is 5.96. The third kappa shape index (κ3) is 1.87. The topological polar surface area (TPSA) is 40.5 Å². The minimum Gasteiger partial charge on any atom is -0.396 e. The van der Waals surface area contributed by atoms with Crippen molar-refractivity contribution in [3.05, 3.63) is 12.2 Å². The highest BCUT2D eigenvalue weighted by atomic mass is 16.3. The van der Waals surface area contributed by atoms with E-state index in [0.717, 1.165) is 24.8 Å². The van der Waals surface area contributed by atoms with Crippen LogP contribution in [0.1, 0.15) is 26.2 Å². The van der Waals surface area contributed by atoms with Gasteiger partial charge >= 0.3 is 0 Å². The lowest BCUT2D eigenvalue weighted by Gasteiger charge is -2.23. The highest BCUT2D eigenvalue weighted by Crippen LogP contribution is 2.30. The Morgan fingerprint density at radius 2 is 2.25 bits per heavy atom. The molecule has 0 saturated heterocycles. The van der Waals surface area contributed by atoms with Gasteiger partial charge < -0.3 is 10.2 Å². The van der Waals surface area contributed by atoms with Gasteiger partial charge in [0.15, 0.2) is 0 Å². The van der Waals surface area contributed by atoms with Gasteiger partial charge in [-0.05, 0) is 25.2 Å². The average molecular weight is 170 g/mol. The normalized spacial score (nSPS) is 37.9. The second kappa shape index (κ2) is 4.06. The lowest BCUT2D eigenvalue weighted by atomic mass is 9.89. The molecule has 0 aliphatic heterocycles. The van der Waals surface area contributed by atoms with Crippen LogP contribution >= 0.6 is 0 Å². The summed E-state index contributed by atoms with van der Waals surface area (Å²) in [7, 11) is 0. The third-order valence-electron chi connectivity index (χ3n) is 2.87. The van der Waals surface area contributed by atoms with Crippen molar-refractivity contribution >= 4 is 0 Å². The second-order valence-corrected chi connectivity index (χ2v) is 3.81. The summed E-state index contributed by atoms with van der Waals surface area (Å²) < 4.78 is 0. The van der Waals surface area contributed by atoms with Crippen molar-refractivity contribution in [3.8, 4) is 0 Å². The van der Waals surface area contributed by atoms with E-state index in [9.17, 15) is 5.11 Å². The largest absolute Gasteiger partial charge is 0.396 e. The van der Waals surface area contributed by atoms with Crippen molar-refractivity contribution < 1.29 is 10.2 Å². The van der Waals surface area contributed by atoms with Crippen LogP contribution in [0.5, 0.6) is 0 Å². The van der Waals surface area contributed by atoms with Crippen molar-refractivity contribution in [2.75, 3.05) is 6.61 Å². The van der Waals surface area contributed by atoms with Crippen LogP contribution in [0.4, 0.5) is 0 Å². The molecule has 0 spiro atoms. The SMILES string of the molecule is C=C1CCCC(C)C(O)C1CO. The average Bonchev–Trinajstić information content (AvgIpc) is 2.14. The minimum atomic E-state index is -0.398. The van der Waals surface area contributed by atoms with Gasteiger partial charge in [0, 0.05) is 5.92 Å². The van der Waals surface area contributed by atoms with E-state index in [0.29, 0.717) is 5.92 Å². The van der Waals surface area contributed by atoms with Gasteiger partial charge in [0.25, 0.3) is 0 Å². The van der Waals surface area contributed by atoms with E-state index in [1.165, 1.54) is 0 Å². The van der Waals surface area contributed by atoms with Gasteiger partial charge in [-0.15, -0.1) is 0 Å². The third-order valence-corrected chi connectivity index (χ3v) is 2.87. The van der Waals surface area contributed by atoms with E-state index in [-0.39, 0.29) is 12.5 Å². The van der Waals surface area contributed by atoms with Crippen molar-refractivity contribution in [3.63, 3.8) is 0 Å². The smallest absolute Gasteiger partial charge is 0.0652 e. The lowest BCUT2D eigenvalue weighted by Crippen LogP contribution is -2.29. The van der Waals surface area contributed by atoms with Crippen molar-refractivity contribution in [1.82, 2.24) is 0 Å². The zero-order chi connectivity index (χ0) is 9.14. The van der Waals surface area contributed by atoms with Crippen LogP contribution in [0.3, 0.4) is 0 Å². The molecule has 0 amide bonds. The maximum absolute atomic E-state index is 9.77. The van der Waals surface area contributed by atoms with Crippen molar-refractivity contribution in [2.24, 2.45) is 11.8 Å². The zero-order valence-electron chi connectivity index (χ0n) is 7.66. The molecule has 1 rings (SSSR count). The van der Waals surface area contributed by atoms with Crippen LogP contribution in [0.2, 0.25) is 0 Å². The Labute approximate surface area is 73.9 Å². The van der Waals surface area contributed by atoms with Crippen LogP contribution in [-0.4, -0.2) is 22.9 Å². The van der Waals surface area contributed by atoms with E-state index in [1.807, 2.05) is 6.92 Å². The maximum atomic E-state index is 9.77. The zero-order valence-corrected chi connectivity index (χ0v) is 7.66. The van der Waals surface area contributed by atoms with Crippen LogP contribution in [0.25, 0.3) is 0 Å². The Hall–Kier alpha value is -0.340. The Kier molecular flexibility index (Phi) is 3.29. The molecular weight excluding hydrogens is 152 g/mol. The highest BCUT2D eigenvalue weighted by Gasteiger charge is 2.28. The molecule has 1 fully saturated rings. The van der Waals surface area contributed by atoms with Crippen LogP contribution < -0.4 is 0 Å². The summed E-state index contributed by atoms with van der Waals surface area (Å²) in [5.74, 6) is 0.198. The van der Waals surface area contributed by atoms with Crippen molar-refractivity contribution in [2.45, 2.75) is 32.3 Å². The first kappa shape index (κ1) is 9.75. The van der Waals surface area contributed by atoms with E-state index in [2.05, 4.69) is 6.58 Å². The van der Waals surface area contributed by atoms with Gasteiger partial charge in [0.1, 0.15) is 0 Å². The van der Waals surface area contributed by atoms with Crippen LogP contribution in [-0.2, 0) is 0 Å². The number of hydrogen-bond acceptors (Lipinski definition) is 2. The summed E-state index contributed by atoms with van der Waals surface area (Å²) in [6, 6.07) is 0. The molecular formula is C10H18O2. The molecule has 70 valence electrons. The Morgan fingerprint density at radius 3 is 2.83 bits per heavy atom. The molecule has 0 aromatic carbocycles. The molecule has 1 aliphatic rings. The van der Waals surface area contributed by atoms with Crippen LogP contribution in [0.15, 0.2) is 12.2 Å². The summed E-state index contributed by atoms with van der Waals surface area (Å²) in [4.78, 5) is 0. The molecule has 12 heavy (non-hydrogen) atoms. The van der Waals surface area contributed by atoms with Crippen molar-refractivity contribution in [1.29, 1.82) is 0 Å². The minimum absolute atomic E-state index is 0.0321. The van der Waals surface area contributed by atoms with Crippen LogP contribution in [0, 0.1) is 11.8 Å². The second-order valence-electron chi connectivity index (χ2n) is 3.81. The molecule has 3 atom stereocenters. The fourth-order valence-electron chi connectivity index (χ4n) is 1.88. The first-order chi connectivity index (χ1) is 5.66. The fourth-order valence-corrected chi connectivity index (χ4v) is 1.88. The van der Waals surface area contributed by atoms with E-state index in [1.54, 1.807) is 0 Å². The molecule has 0 aromatic rings. The summed E-state index contributed by atoms with van der Waals surface area (Å²) in [5.41, 5.74) is 1.01. The fraction of sp³-hybridized carbons (Fsp3) is 0.800. The van der Waals surface area contributed by atoms with Gasteiger partial charge in [-0.2, -0.15) is 0 Å². The molecule has 1 aliphatic carbocycles. The first-order valence-electron chi connectivity index (χ1n) is 4.63. The molecule has 0 radical (unpaired) electrons. The standard InChI is InChI=1S/C10H18O2/c1-7-4-3-5-8(2)10(12)9(7)6-11/h8-12H,1,3-6H2,2H3. The number of rotatable bonds is 1. The monoisotopic (exact) mass is 170 g/mol. The Morgan fingerprint density at radius 1 is 1.58 bits per heavy atom. The summed E-state index contributed by atoms with van der Waals surface area (Å²) in [5, 5.41) is 18.8. The summed E-state index contributed by atoms with van der Waals surface area (Å²) in [6.07, 6.45) is 2.68. The van der Waals surface area contributed by atoms with Gasteiger partial charge in [-0.1, -0.05) is 19.1 Å².